The van der Waals surface area contributed by atoms with Crippen LogP contribution >= 0.6 is 0 Å². The smallest absolute Gasteiger partial charge is 0.119 e. The summed E-state index contributed by atoms with van der Waals surface area (Å²) in [6, 6.07) is 19.9. The third-order valence-corrected chi connectivity index (χ3v) is 3.77. The van der Waals surface area contributed by atoms with Gasteiger partial charge in [-0.05, 0) is 30.7 Å². The van der Waals surface area contributed by atoms with Crippen molar-refractivity contribution in [1.29, 1.82) is 0 Å². The van der Waals surface area contributed by atoms with E-state index in [0.717, 1.165) is 24.4 Å². The molecule has 0 spiro atoms. The van der Waals surface area contributed by atoms with Crippen LogP contribution in [0, 0.1) is 0 Å². The molecule has 24 heavy (non-hydrogen) atoms. The minimum absolute atomic E-state index is 0.327. The molecule has 2 aromatic carbocycles. The standard InChI is InChI=1S/C20H27NO3/c1-2-19(22)17-21(18-9-5-3-6-10-18)13-14-23-15-16-24-20-11-7-4-8-12-20/h3-12,19,22H,2,13-17H2,1H3. The highest BCUT2D eigenvalue weighted by Gasteiger charge is 2.10. The van der Waals surface area contributed by atoms with E-state index in [1.54, 1.807) is 0 Å². The summed E-state index contributed by atoms with van der Waals surface area (Å²) >= 11 is 0. The average Bonchev–Trinajstić information content (AvgIpc) is 2.65. The van der Waals surface area contributed by atoms with E-state index < -0.39 is 0 Å². The van der Waals surface area contributed by atoms with Gasteiger partial charge in [-0.25, -0.2) is 0 Å². The molecule has 2 aromatic rings. The predicted octanol–water partition coefficient (Wildman–Crippen LogP) is 3.36. The lowest BCUT2D eigenvalue weighted by Crippen LogP contribution is -2.35. The highest BCUT2D eigenvalue weighted by molar-refractivity contribution is 5.46. The number of benzene rings is 2. The molecule has 4 heteroatoms. The third-order valence-electron chi connectivity index (χ3n) is 3.77. The van der Waals surface area contributed by atoms with Gasteiger partial charge in [0, 0.05) is 18.8 Å². The fourth-order valence-electron chi connectivity index (χ4n) is 2.36. The summed E-state index contributed by atoms with van der Waals surface area (Å²) in [6.45, 7) is 5.03. The van der Waals surface area contributed by atoms with Crippen molar-refractivity contribution in [3.63, 3.8) is 0 Å². The molecule has 4 nitrogen and oxygen atoms in total. The van der Waals surface area contributed by atoms with Crippen LogP contribution in [-0.2, 0) is 4.74 Å². The van der Waals surface area contributed by atoms with Crippen LogP contribution in [0.5, 0.6) is 5.75 Å². The van der Waals surface area contributed by atoms with Crippen molar-refractivity contribution in [2.24, 2.45) is 0 Å². The van der Waals surface area contributed by atoms with Gasteiger partial charge in [0.15, 0.2) is 0 Å². The maximum absolute atomic E-state index is 9.95. The van der Waals surface area contributed by atoms with Crippen molar-refractivity contribution in [2.45, 2.75) is 19.4 Å². The van der Waals surface area contributed by atoms with Crippen molar-refractivity contribution < 1.29 is 14.6 Å². The topological polar surface area (TPSA) is 41.9 Å². The fourth-order valence-corrected chi connectivity index (χ4v) is 2.36. The van der Waals surface area contributed by atoms with Crippen LogP contribution in [0.1, 0.15) is 13.3 Å². The maximum Gasteiger partial charge on any atom is 0.119 e. The van der Waals surface area contributed by atoms with Gasteiger partial charge in [-0.2, -0.15) is 0 Å². The van der Waals surface area contributed by atoms with Crippen LogP contribution in [0.3, 0.4) is 0 Å². The summed E-state index contributed by atoms with van der Waals surface area (Å²) < 4.78 is 11.3. The lowest BCUT2D eigenvalue weighted by molar-refractivity contribution is 0.102. The summed E-state index contributed by atoms with van der Waals surface area (Å²) in [7, 11) is 0. The van der Waals surface area contributed by atoms with Crippen molar-refractivity contribution in [1.82, 2.24) is 0 Å². The highest BCUT2D eigenvalue weighted by atomic mass is 16.5. The van der Waals surface area contributed by atoms with Gasteiger partial charge in [0.2, 0.25) is 0 Å². The van der Waals surface area contributed by atoms with Crippen LogP contribution in [0.4, 0.5) is 5.69 Å². The molecule has 0 saturated carbocycles. The summed E-state index contributed by atoms with van der Waals surface area (Å²) in [5.74, 6) is 0.859. The second-order valence-electron chi connectivity index (χ2n) is 5.62. The van der Waals surface area contributed by atoms with Gasteiger partial charge in [-0.3, -0.25) is 0 Å². The molecule has 1 atom stereocenters. The van der Waals surface area contributed by atoms with Crippen molar-refractivity contribution in [3.8, 4) is 5.75 Å². The number of ether oxygens (including phenoxy) is 2. The lowest BCUT2D eigenvalue weighted by atomic mass is 10.2. The first-order valence-electron chi connectivity index (χ1n) is 8.53. The number of nitrogens with zero attached hydrogens (tertiary/aromatic N) is 1. The SMILES string of the molecule is CCC(O)CN(CCOCCOc1ccccc1)c1ccccc1. The van der Waals surface area contributed by atoms with Gasteiger partial charge < -0.3 is 19.5 Å². The minimum Gasteiger partial charge on any atom is -0.491 e. The molecule has 0 aliphatic rings. The number of rotatable bonds is 11. The Morgan fingerprint density at radius 3 is 2.25 bits per heavy atom. The molecule has 0 aromatic heterocycles. The Morgan fingerprint density at radius 1 is 0.917 bits per heavy atom. The number of para-hydroxylation sites is 2. The fraction of sp³-hybridized carbons (Fsp3) is 0.400. The zero-order valence-corrected chi connectivity index (χ0v) is 14.3. The van der Waals surface area contributed by atoms with Crippen molar-refractivity contribution >= 4 is 5.69 Å². The first-order chi connectivity index (χ1) is 11.8. The molecule has 0 heterocycles. The molecular weight excluding hydrogens is 302 g/mol. The van der Waals surface area contributed by atoms with Gasteiger partial charge in [-0.1, -0.05) is 43.3 Å². The van der Waals surface area contributed by atoms with E-state index in [9.17, 15) is 5.11 Å². The molecule has 0 radical (unpaired) electrons. The Labute approximate surface area is 144 Å². The number of hydrogen-bond acceptors (Lipinski definition) is 4. The van der Waals surface area contributed by atoms with Gasteiger partial charge >= 0.3 is 0 Å². The van der Waals surface area contributed by atoms with E-state index in [1.807, 2.05) is 55.5 Å². The first kappa shape index (κ1) is 18.3. The molecule has 0 amide bonds. The molecule has 0 bridgehead atoms. The van der Waals surface area contributed by atoms with E-state index in [1.165, 1.54) is 0 Å². The maximum atomic E-state index is 9.95. The van der Waals surface area contributed by atoms with Crippen LogP contribution < -0.4 is 9.64 Å². The highest BCUT2D eigenvalue weighted by Crippen LogP contribution is 2.14. The van der Waals surface area contributed by atoms with E-state index in [2.05, 4.69) is 17.0 Å². The van der Waals surface area contributed by atoms with Crippen molar-refractivity contribution in [2.75, 3.05) is 37.8 Å². The third kappa shape index (κ3) is 6.60. The van der Waals surface area contributed by atoms with Crippen LogP contribution in [0.25, 0.3) is 0 Å². The minimum atomic E-state index is -0.327. The Kier molecular flexibility index (Phi) is 8.15. The van der Waals surface area contributed by atoms with Crippen LogP contribution in [0.2, 0.25) is 0 Å². The summed E-state index contributed by atoms with van der Waals surface area (Å²) in [5, 5.41) is 9.95. The number of hydrogen-bond donors (Lipinski definition) is 1. The number of aliphatic hydroxyl groups excluding tert-OH is 1. The second kappa shape index (κ2) is 10.7. The average molecular weight is 329 g/mol. The zero-order valence-electron chi connectivity index (χ0n) is 14.3. The normalized spacial score (nSPS) is 11.9. The molecule has 0 aliphatic heterocycles. The molecule has 0 saturated heterocycles. The zero-order chi connectivity index (χ0) is 17.0. The Hall–Kier alpha value is -2.04. The number of anilines is 1. The van der Waals surface area contributed by atoms with Gasteiger partial charge in [0.25, 0.3) is 0 Å². The van der Waals surface area contributed by atoms with Crippen LogP contribution in [-0.4, -0.2) is 44.1 Å². The largest absolute Gasteiger partial charge is 0.491 e. The summed E-state index contributed by atoms with van der Waals surface area (Å²) in [4.78, 5) is 2.16. The molecule has 0 aliphatic carbocycles. The summed E-state index contributed by atoms with van der Waals surface area (Å²) in [6.07, 6.45) is 0.418. The van der Waals surface area contributed by atoms with E-state index in [-0.39, 0.29) is 6.10 Å². The van der Waals surface area contributed by atoms with E-state index in [4.69, 9.17) is 9.47 Å². The lowest BCUT2D eigenvalue weighted by Gasteiger charge is -2.27. The van der Waals surface area contributed by atoms with Gasteiger partial charge in [0.1, 0.15) is 12.4 Å². The van der Waals surface area contributed by atoms with Gasteiger partial charge in [0.05, 0.1) is 19.3 Å². The van der Waals surface area contributed by atoms with E-state index >= 15 is 0 Å². The molecule has 1 N–H and O–H groups in total. The van der Waals surface area contributed by atoms with Crippen molar-refractivity contribution in [3.05, 3.63) is 60.7 Å². The molecular formula is C20H27NO3. The Morgan fingerprint density at radius 2 is 1.58 bits per heavy atom. The van der Waals surface area contributed by atoms with Crippen LogP contribution in [0.15, 0.2) is 60.7 Å². The second-order valence-corrected chi connectivity index (χ2v) is 5.62. The number of aliphatic hydroxyl groups is 1. The monoisotopic (exact) mass is 329 g/mol. The molecule has 130 valence electrons. The first-order valence-corrected chi connectivity index (χ1v) is 8.53. The quantitative estimate of drug-likeness (QED) is 0.642. The molecule has 2 rings (SSSR count). The Bertz CT molecular complexity index is 547. The molecule has 0 fully saturated rings. The van der Waals surface area contributed by atoms with Gasteiger partial charge in [-0.15, -0.1) is 0 Å². The molecule has 1 unspecified atom stereocenters. The Balaban J connectivity index is 1.70. The summed E-state index contributed by atoms with van der Waals surface area (Å²) in [5.41, 5.74) is 1.11. The predicted molar refractivity (Wildman–Crippen MR) is 97.7 cm³/mol. The van der Waals surface area contributed by atoms with E-state index in [0.29, 0.717) is 26.4 Å².